The number of H-pyrrole nitrogens is 1. The summed E-state index contributed by atoms with van der Waals surface area (Å²) in [5.74, 6) is 1.42. The summed E-state index contributed by atoms with van der Waals surface area (Å²) < 4.78 is 0. The molecular formula is C28H32N6O. The largest absolute Gasteiger partial charge is 0.359 e. The second kappa shape index (κ2) is 10.7. The maximum Gasteiger partial charge on any atom is 0.251 e. The summed E-state index contributed by atoms with van der Waals surface area (Å²) in [4.78, 5) is 27.6. The molecule has 0 unspecified atom stereocenters. The van der Waals surface area contributed by atoms with E-state index >= 15 is 0 Å². The summed E-state index contributed by atoms with van der Waals surface area (Å²) in [6.45, 7) is 5.92. The van der Waals surface area contributed by atoms with Crippen LogP contribution in [0.2, 0.25) is 0 Å². The topological polar surface area (TPSA) is 85.9 Å². The van der Waals surface area contributed by atoms with Crippen molar-refractivity contribution < 1.29 is 4.79 Å². The predicted molar refractivity (Wildman–Crippen MR) is 140 cm³/mol. The third kappa shape index (κ3) is 6.05. The first-order valence-corrected chi connectivity index (χ1v) is 12.4. The maximum absolute atomic E-state index is 12.7. The van der Waals surface area contributed by atoms with Gasteiger partial charge in [0.2, 0.25) is 0 Å². The minimum atomic E-state index is -0.0319. The van der Waals surface area contributed by atoms with Crippen LogP contribution in [0, 0.1) is 6.92 Å². The maximum atomic E-state index is 12.7. The van der Waals surface area contributed by atoms with Gasteiger partial charge in [0.05, 0.1) is 0 Å². The van der Waals surface area contributed by atoms with Gasteiger partial charge >= 0.3 is 0 Å². The van der Waals surface area contributed by atoms with Gasteiger partial charge < -0.3 is 20.5 Å². The highest BCUT2D eigenvalue weighted by molar-refractivity contribution is 5.94. The number of piperidine rings is 1. The van der Waals surface area contributed by atoms with Gasteiger partial charge in [-0.1, -0.05) is 18.6 Å². The molecule has 2 aromatic carbocycles. The monoisotopic (exact) mass is 468 g/mol. The standard InChI is InChI=1S/C28H32N6O/c1-20-16-23-19-24(8-9-25(23)31-20)32-26-10-11-29-27(33-26)18-21-6-5-7-22(17-21)28(35)30-12-15-34-13-3-2-4-14-34/h5-11,16-17,19,31H,2-4,12-15,18H2,1H3,(H,30,35)(H,29,32,33). The zero-order chi connectivity index (χ0) is 24.0. The van der Waals surface area contributed by atoms with Crippen molar-refractivity contribution in [1.29, 1.82) is 0 Å². The molecular weight excluding hydrogens is 436 g/mol. The number of aromatic nitrogens is 3. The Morgan fingerprint density at radius 1 is 1.06 bits per heavy atom. The second-order valence-corrected chi connectivity index (χ2v) is 9.27. The summed E-state index contributed by atoms with van der Waals surface area (Å²) in [7, 11) is 0. The van der Waals surface area contributed by atoms with Gasteiger partial charge in [-0.25, -0.2) is 9.97 Å². The number of aryl methyl sites for hydroxylation is 1. The summed E-state index contributed by atoms with van der Waals surface area (Å²) in [5.41, 5.74) is 4.91. The number of amides is 1. The number of carbonyl (C=O) groups is 1. The smallest absolute Gasteiger partial charge is 0.251 e. The van der Waals surface area contributed by atoms with Crippen molar-refractivity contribution in [2.45, 2.75) is 32.6 Å². The third-order valence-electron chi connectivity index (χ3n) is 6.45. The Labute approximate surface area is 206 Å². The van der Waals surface area contributed by atoms with Gasteiger partial charge in [0.15, 0.2) is 0 Å². The second-order valence-electron chi connectivity index (χ2n) is 9.27. The lowest BCUT2D eigenvalue weighted by Gasteiger charge is -2.26. The highest BCUT2D eigenvalue weighted by atomic mass is 16.1. The van der Waals surface area contributed by atoms with Crippen LogP contribution < -0.4 is 10.6 Å². The van der Waals surface area contributed by atoms with Gasteiger partial charge in [0.25, 0.3) is 5.91 Å². The quantitative estimate of drug-likeness (QED) is 0.345. The van der Waals surface area contributed by atoms with E-state index in [4.69, 9.17) is 0 Å². The molecule has 0 radical (unpaired) electrons. The van der Waals surface area contributed by atoms with E-state index < -0.39 is 0 Å². The molecule has 5 rings (SSSR count). The van der Waals surface area contributed by atoms with Crippen LogP contribution in [-0.2, 0) is 6.42 Å². The fourth-order valence-corrected chi connectivity index (χ4v) is 4.67. The molecule has 180 valence electrons. The van der Waals surface area contributed by atoms with E-state index in [9.17, 15) is 4.79 Å². The number of nitrogens with zero attached hydrogens (tertiary/aromatic N) is 3. The summed E-state index contributed by atoms with van der Waals surface area (Å²) in [6, 6.07) is 17.9. The minimum Gasteiger partial charge on any atom is -0.359 e. The lowest BCUT2D eigenvalue weighted by molar-refractivity contribution is 0.0946. The number of fused-ring (bicyclic) bond motifs is 1. The van der Waals surface area contributed by atoms with Crippen LogP contribution in [0.3, 0.4) is 0 Å². The first-order chi connectivity index (χ1) is 17.1. The number of hydrogen-bond donors (Lipinski definition) is 3. The Kier molecular flexibility index (Phi) is 7.04. The lowest BCUT2D eigenvalue weighted by atomic mass is 10.1. The van der Waals surface area contributed by atoms with Crippen LogP contribution in [-0.4, -0.2) is 51.9 Å². The third-order valence-corrected chi connectivity index (χ3v) is 6.45. The zero-order valence-electron chi connectivity index (χ0n) is 20.2. The number of benzene rings is 2. The van der Waals surface area contributed by atoms with E-state index in [-0.39, 0.29) is 5.91 Å². The Morgan fingerprint density at radius 3 is 2.83 bits per heavy atom. The number of rotatable bonds is 8. The van der Waals surface area contributed by atoms with Crippen molar-refractivity contribution >= 4 is 28.3 Å². The number of aromatic amines is 1. The van der Waals surface area contributed by atoms with Gasteiger partial charge in [0.1, 0.15) is 11.6 Å². The molecule has 0 saturated carbocycles. The summed E-state index contributed by atoms with van der Waals surface area (Å²) in [6.07, 6.45) is 6.16. The van der Waals surface area contributed by atoms with Crippen LogP contribution in [0.5, 0.6) is 0 Å². The van der Waals surface area contributed by atoms with Gasteiger partial charge in [-0.15, -0.1) is 0 Å². The van der Waals surface area contributed by atoms with Crippen LogP contribution in [0.1, 0.15) is 46.7 Å². The predicted octanol–water partition coefficient (Wildman–Crippen LogP) is 4.82. The minimum absolute atomic E-state index is 0.0319. The van der Waals surface area contributed by atoms with Crippen molar-refractivity contribution in [3.05, 3.63) is 83.4 Å². The molecule has 3 heterocycles. The lowest BCUT2D eigenvalue weighted by Crippen LogP contribution is -2.37. The van der Waals surface area contributed by atoms with Gasteiger partial charge in [-0.05, 0) is 80.9 Å². The Balaban J connectivity index is 1.20. The van der Waals surface area contributed by atoms with Gasteiger partial charge in [-0.2, -0.15) is 0 Å². The molecule has 3 N–H and O–H groups in total. The normalized spacial score (nSPS) is 14.2. The first-order valence-electron chi connectivity index (χ1n) is 12.4. The van der Waals surface area contributed by atoms with Crippen molar-refractivity contribution in [3.8, 4) is 0 Å². The van der Waals surface area contributed by atoms with Crippen molar-refractivity contribution in [2.75, 3.05) is 31.5 Å². The molecule has 1 saturated heterocycles. The van der Waals surface area contributed by atoms with Crippen LogP contribution in [0.25, 0.3) is 10.9 Å². The molecule has 1 fully saturated rings. The van der Waals surface area contributed by atoms with E-state index in [0.29, 0.717) is 24.4 Å². The molecule has 0 aliphatic carbocycles. The molecule has 1 aliphatic rings. The zero-order valence-corrected chi connectivity index (χ0v) is 20.2. The molecule has 35 heavy (non-hydrogen) atoms. The molecule has 0 atom stereocenters. The first kappa shape index (κ1) is 23.1. The molecule has 1 amide bonds. The number of hydrogen-bond acceptors (Lipinski definition) is 5. The Morgan fingerprint density at radius 2 is 1.94 bits per heavy atom. The number of anilines is 2. The fraction of sp³-hybridized carbons (Fsp3) is 0.321. The van der Waals surface area contributed by atoms with Gasteiger partial charge in [-0.3, -0.25) is 4.79 Å². The summed E-state index contributed by atoms with van der Waals surface area (Å²) >= 11 is 0. The molecule has 7 heteroatoms. The Bertz CT molecular complexity index is 1310. The molecule has 1 aliphatic heterocycles. The molecule has 2 aromatic heterocycles. The average molecular weight is 469 g/mol. The molecule has 7 nitrogen and oxygen atoms in total. The molecule has 0 spiro atoms. The number of nitrogens with one attached hydrogen (secondary N) is 3. The number of likely N-dealkylation sites (tertiary alicyclic amines) is 1. The van der Waals surface area contributed by atoms with Crippen LogP contribution >= 0.6 is 0 Å². The highest BCUT2D eigenvalue weighted by Gasteiger charge is 2.11. The fourth-order valence-electron chi connectivity index (χ4n) is 4.67. The van der Waals surface area contributed by atoms with E-state index in [0.717, 1.165) is 53.3 Å². The Hall–Kier alpha value is -3.71. The van der Waals surface area contributed by atoms with Crippen LogP contribution in [0.4, 0.5) is 11.5 Å². The summed E-state index contributed by atoms with van der Waals surface area (Å²) in [5, 5.41) is 7.60. The highest BCUT2D eigenvalue weighted by Crippen LogP contribution is 2.22. The van der Waals surface area contributed by atoms with E-state index in [1.165, 1.54) is 19.3 Å². The average Bonchev–Trinajstić information content (AvgIpc) is 3.24. The van der Waals surface area contributed by atoms with E-state index in [1.54, 1.807) is 6.20 Å². The van der Waals surface area contributed by atoms with Crippen molar-refractivity contribution in [3.63, 3.8) is 0 Å². The van der Waals surface area contributed by atoms with Gasteiger partial charge in [0, 0.05) is 53.6 Å². The SMILES string of the molecule is Cc1cc2cc(Nc3ccnc(Cc4cccc(C(=O)NCCN5CCCCC5)c4)n3)ccc2[nH]1. The van der Waals surface area contributed by atoms with Crippen LogP contribution in [0.15, 0.2) is 60.8 Å². The van der Waals surface area contributed by atoms with Crippen molar-refractivity contribution in [1.82, 2.24) is 25.2 Å². The molecule has 0 bridgehead atoms. The number of carbonyl (C=O) groups excluding carboxylic acids is 1. The van der Waals surface area contributed by atoms with E-state index in [2.05, 4.69) is 55.6 Å². The molecule has 4 aromatic rings. The van der Waals surface area contributed by atoms with E-state index in [1.807, 2.05) is 36.4 Å². The van der Waals surface area contributed by atoms with Crippen molar-refractivity contribution in [2.24, 2.45) is 0 Å².